The Morgan fingerprint density at radius 1 is 1.38 bits per heavy atom. The summed E-state index contributed by atoms with van der Waals surface area (Å²) in [6.07, 6.45) is 4.19. The van der Waals surface area contributed by atoms with Crippen molar-refractivity contribution in [3.05, 3.63) is 30.1 Å². The van der Waals surface area contributed by atoms with Crippen molar-refractivity contribution in [1.82, 2.24) is 4.90 Å². The molecule has 0 aliphatic carbocycles. The smallest absolute Gasteiger partial charge is 0.303 e. The van der Waals surface area contributed by atoms with Crippen LogP contribution in [0.15, 0.2) is 24.3 Å². The molecule has 2 rings (SSSR count). The van der Waals surface area contributed by atoms with Crippen molar-refractivity contribution in [2.75, 3.05) is 19.7 Å². The normalized spacial score (nSPS) is 19.4. The van der Waals surface area contributed by atoms with Gasteiger partial charge in [0.25, 0.3) is 0 Å². The number of aliphatic carboxylic acids is 1. The van der Waals surface area contributed by atoms with Crippen LogP contribution in [0.4, 0.5) is 4.39 Å². The predicted molar refractivity (Wildman–Crippen MR) is 78.0 cm³/mol. The predicted octanol–water partition coefficient (Wildman–Crippen LogP) is 2.92. The second kappa shape index (κ2) is 7.98. The van der Waals surface area contributed by atoms with Crippen LogP contribution in [-0.4, -0.2) is 41.7 Å². The molecule has 21 heavy (non-hydrogen) atoms. The molecule has 1 heterocycles. The molecule has 0 amide bonds. The SMILES string of the molecule is O=C(O)CCC1CCCCN1CCOc1ccccc1F. The van der Waals surface area contributed by atoms with Gasteiger partial charge in [-0.1, -0.05) is 18.6 Å². The highest BCUT2D eigenvalue weighted by molar-refractivity contribution is 5.66. The maximum atomic E-state index is 13.4. The molecule has 1 aliphatic heterocycles. The van der Waals surface area contributed by atoms with Gasteiger partial charge in [-0.15, -0.1) is 0 Å². The van der Waals surface area contributed by atoms with Crippen molar-refractivity contribution in [3.8, 4) is 5.75 Å². The molecular weight excluding hydrogens is 273 g/mol. The van der Waals surface area contributed by atoms with Gasteiger partial charge in [-0.2, -0.15) is 0 Å². The van der Waals surface area contributed by atoms with Gasteiger partial charge in [0.15, 0.2) is 11.6 Å². The Labute approximate surface area is 124 Å². The van der Waals surface area contributed by atoms with Crippen LogP contribution in [0.2, 0.25) is 0 Å². The number of hydrogen-bond donors (Lipinski definition) is 1. The lowest BCUT2D eigenvalue weighted by molar-refractivity contribution is -0.137. The van der Waals surface area contributed by atoms with Gasteiger partial charge in [0.1, 0.15) is 6.61 Å². The van der Waals surface area contributed by atoms with Crippen LogP contribution in [0.5, 0.6) is 5.75 Å². The lowest BCUT2D eigenvalue weighted by Crippen LogP contribution is -2.42. The molecule has 1 aliphatic rings. The van der Waals surface area contributed by atoms with E-state index in [4.69, 9.17) is 9.84 Å². The summed E-state index contributed by atoms with van der Waals surface area (Å²) >= 11 is 0. The fourth-order valence-electron chi connectivity index (χ4n) is 2.81. The summed E-state index contributed by atoms with van der Waals surface area (Å²) in [7, 11) is 0. The molecule has 0 saturated carbocycles. The Balaban J connectivity index is 1.79. The molecule has 116 valence electrons. The summed E-state index contributed by atoms with van der Waals surface area (Å²) in [4.78, 5) is 13.0. The minimum absolute atomic E-state index is 0.204. The van der Waals surface area contributed by atoms with Crippen molar-refractivity contribution in [1.29, 1.82) is 0 Å². The van der Waals surface area contributed by atoms with E-state index in [2.05, 4.69) is 4.90 Å². The Hall–Kier alpha value is -1.62. The molecule has 0 aromatic heterocycles. The van der Waals surface area contributed by atoms with E-state index >= 15 is 0 Å². The number of carbonyl (C=O) groups is 1. The number of likely N-dealkylation sites (tertiary alicyclic amines) is 1. The molecule has 1 aromatic rings. The topological polar surface area (TPSA) is 49.8 Å². The zero-order valence-electron chi connectivity index (χ0n) is 12.1. The quantitative estimate of drug-likeness (QED) is 0.840. The number of rotatable bonds is 7. The summed E-state index contributed by atoms with van der Waals surface area (Å²) in [6, 6.07) is 6.68. The maximum Gasteiger partial charge on any atom is 0.303 e. The van der Waals surface area contributed by atoms with Gasteiger partial charge in [0, 0.05) is 19.0 Å². The zero-order chi connectivity index (χ0) is 15.1. The highest BCUT2D eigenvalue weighted by Gasteiger charge is 2.22. The average Bonchev–Trinajstić information content (AvgIpc) is 2.48. The highest BCUT2D eigenvalue weighted by atomic mass is 19.1. The highest BCUT2D eigenvalue weighted by Crippen LogP contribution is 2.21. The number of nitrogens with zero attached hydrogens (tertiary/aromatic N) is 1. The third-order valence-electron chi connectivity index (χ3n) is 3.91. The number of halogens is 1. The van der Waals surface area contributed by atoms with Crippen LogP contribution >= 0.6 is 0 Å². The van der Waals surface area contributed by atoms with Gasteiger partial charge < -0.3 is 9.84 Å². The molecular formula is C16H22FNO3. The second-order valence-corrected chi connectivity index (χ2v) is 5.40. The Morgan fingerprint density at radius 3 is 2.95 bits per heavy atom. The summed E-state index contributed by atoms with van der Waals surface area (Å²) in [5, 5.41) is 8.80. The van der Waals surface area contributed by atoms with Gasteiger partial charge in [-0.25, -0.2) is 4.39 Å². The summed E-state index contributed by atoms with van der Waals surface area (Å²) in [5.41, 5.74) is 0. The summed E-state index contributed by atoms with van der Waals surface area (Å²) < 4.78 is 18.9. The Morgan fingerprint density at radius 2 is 2.19 bits per heavy atom. The molecule has 5 heteroatoms. The number of para-hydroxylation sites is 1. The van der Waals surface area contributed by atoms with Crippen LogP contribution in [0.1, 0.15) is 32.1 Å². The van der Waals surface area contributed by atoms with E-state index in [1.54, 1.807) is 18.2 Å². The van der Waals surface area contributed by atoms with Crippen LogP contribution in [0.25, 0.3) is 0 Å². The van der Waals surface area contributed by atoms with E-state index in [1.165, 1.54) is 6.07 Å². The fourth-order valence-corrected chi connectivity index (χ4v) is 2.81. The van der Waals surface area contributed by atoms with E-state index in [9.17, 15) is 9.18 Å². The largest absolute Gasteiger partial charge is 0.489 e. The van der Waals surface area contributed by atoms with Gasteiger partial charge in [-0.3, -0.25) is 9.69 Å². The molecule has 1 unspecified atom stereocenters. The molecule has 1 fully saturated rings. The number of ether oxygens (including phenoxy) is 1. The number of carboxylic acids is 1. The number of piperidine rings is 1. The molecule has 0 bridgehead atoms. The molecule has 0 spiro atoms. The van der Waals surface area contributed by atoms with E-state index in [0.717, 1.165) is 25.8 Å². The van der Waals surface area contributed by atoms with Crippen molar-refractivity contribution in [2.45, 2.75) is 38.1 Å². The molecule has 0 radical (unpaired) electrons. The summed E-state index contributed by atoms with van der Waals surface area (Å²) in [6.45, 7) is 2.09. The van der Waals surface area contributed by atoms with Crippen LogP contribution < -0.4 is 4.74 Å². The standard InChI is InChI=1S/C16H22FNO3/c17-14-6-1-2-7-15(14)21-12-11-18-10-4-3-5-13(18)8-9-16(19)20/h1-2,6-7,13H,3-5,8-12H2,(H,19,20). The first-order valence-electron chi connectivity index (χ1n) is 7.50. The van der Waals surface area contributed by atoms with E-state index in [0.29, 0.717) is 25.6 Å². The number of benzene rings is 1. The molecule has 4 nitrogen and oxygen atoms in total. The van der Waals surface area contributed by atoms with Crippen molar-refractivity contribution >= 4 is 5.97 Å². The van der Waals surface area contributed by atoms with E-state index in [-0.39, 0.29) is 18.0 Å². The van der Waals surface area contributed by atoms with Crippen molar-refractivity contribution in [3.63, 3.8) is 0 Å². The van der Waals surface area contributed by atoms with Gasteiger partial charge in [0.05, 0.1) is 0 Å². The van der Waals surface area contributed by atoms with Crippen LogP contribution in [0, 0.1) is 5.82 Å². The average molecular weight is 295 g/mol. The van der Waals surface area contributed by atoms with E-state index < -0.39 is 5.97 Å². The lowest BCUT2D eigenvalue weighted by atomic mass is 9.98. The molecule has 1 aromatic carbocycles. The zero-order valence-corrected chi connectivity index (χ0v) is 12.1. The first kappa shape index (κ1) is 15.8. The van der Waals surface area contributed by atoms with Crippen LogP contribution in [0.3, 0.4) is 0 Å². The minimum Gasteiger partial charge on any atom is -0.489 e. The van der Waals surface area contributed by atoms with Gasteiger partial charge >= 0.3 is 5.97 Å². The van der Waals surface area contributed by atoms with Crippen molar-refractivity contribution in [2.24, 2.45) is 0 Å². The maximum absolute atomic E-state index is 13.4. The molecule has 1 atom stereocenters. The fraction of sp³-hybridized carbons (Fsp3) is 0.562. The van der Waals surface area contributed by atoms with Gasteiger partial charge in [0.2, 0.25) is 0 Å². The van der Waals surface area contributed by atoms with Gasteiger partial charge in [-0.05, 0) is 37.9 Å². The monoisotopic (exact) mass is 295 g/mol. The van der Waals surface area contributed by atoms with Crippen molar-refractivity contribution < 1.29 is 19.0 Å². The third kappa shape index (κ3) is 5.01. The first-order chi connectivity index (χ1) is 10.2. The molecule has 1 N–H and O–H groups in total. The lowest BCUT2D eigenvalue weighted by Gasteiger charge is -2.35. The molecule has 1 saturated heterocycles. The minimum atomic E-state index is -0.747. The summed E-state index contributed by atoms with van der Waals surface area (Å²) in [5.74, 6) is -0.821. The third-order valence-corrected chi connectivity index (χ3v) is 3.91. The number of hydrogen-bond acceptors (Lipinski definition) is 3. The number of carboxylic acid groups (broad SMARTS) is 1. The second-order valence-electron chi connectivity index (χ2n) is 5.40. The Kier molecular flexibility index (Phi) is 5.99. The van der Waals surface area contributed by atoms with Crippen LogP contribution in [-0.2, 0) is 4.79 Å². The van der Waals surface area contributed by atoms with E-state index in [1.807, 2.05) is 0 Å². The first-order valence-corrected chi connectivity index (χ1v) is 7.50. The Bertz CT molecular complexity index is 467.